The minimum absolute atomic E-state index is 0.103. The first-order valence-corrected chi connectivity index (χ1v) is 6.77. The van der Waals surface area contributed by atoms with Gasteiger partial charge in [0.25, 0.3) is 0 Å². The van der Waals surface area contributed by atoms with Crippen LogP contribution >= 0.6 is 11.6 Å². The molecule has 1 heterocycles. The van der Waals surface area contributed by atoms with Crippen molar-refractivity contribution in [2.75, 3.05) is 4.90 Å². The standard InChI is InChI=1S/C15H14ClNO2/c1-9-4-2-7-12-13(9)15(19)17(14(12)18)11-6-3-5-10(16)8-11/h2-6,8-9,12-13H,7H2,1H3. The average molecular weight is 276 g/mol. The van der Waals surface area contributed by atoms with E-state index in [-0.39, 0.29) is 29.6 Å². The van der Waals surface area contributed by atoms with E-state index in [9.17, 15) is 9.59 Å². The first-order chi connectivity index (χ1) is 9.09. The molecule has 1 fully saturated rings. The fourth-order valence-corrected chi connectivity index (χ4v) is 3.20. The first-order valence-electron chi connectivity index (χ1n) is 6.39. The zero-order valence-corrected chi connectivity index (χ0v) is 11.3. The second-order valence-electron chi connectivity index (χ2n) is 5.15. The van der Waals surface area contributed by atoms with Crippen LogP contribution in [-0.2, 0) is 9.59 Å². The van der Waals surface area contributed by atoms with Crippen molar-refractivity contribution >= 4 is 29.1 Å². The van der Waals surface area contributed by atoms with Crippen LogP contribution in [0.15, 0.2) is 36.4 Å². The van der Waals surface area contributed by atoms with Crippen LogP contribution in [0.1, 0.15) is 13.3 Å². The van der Waals surface area contributed by atoms with Crippen molar-refractivity contribution in [3.8, 4) is 0 Å². The highest BCUT2D eigenvalue weighted by atomic mass is 35.5. The van der Waals surface area contributed by atoms with E-state index in [1.54, 1.807) is 24.3 Å². The van der Waals surface area contributed by atoms with Gasteiger partial charge in [-0.15, -0.1) is 0 Å². The van der Waals surface area contributed by atoms with E-state index in [0.29, 0.717) is 17.1 Å². The van der Waals surface area contributed by atoms with Crippen LogP contribution in [0.5, 0.6) is 0 Å². The molecule has 1 aliphatic heterocycles. The van der Waals surface area contributed by atoms with Crippen LogP contribution < -0.4 is 4.90 Å². The third-order valence-corrected chi connectivity index (χ3v) is 4.17. The molecule has 1 aliphatic carbocycles. The monoisotopic (exact) mass is 275 g/mol. The number of benzene rings is 1. The molecule has 1 saturated heterocycles. The summed E-state index contributed by atoms with van der Waals surface area (Å²) in [6.45, 7) is 1.99. The SMILES string of the molecule is CC1C=CCC2C(=O)N(c3cccc(Cl)c3)C(=O)C12. The summed E-state index contributed by atoms with van der Waals surface area (Å²) in [4.78, 5) is 26.2. The summed E-state index contributed by atoms with van der Waals surface area (Å²) >= 11 is 5.94. The Morgan fingerprint density at radius 3 is 2.74 bits per heavy atom. The summed E-state index contributed by atoms with van der Waals surface area (Å²) in [5, 5.41) is 0.527. The van der Waals surface area contributed by atoms with Gasteiger partial charge in [0, 0.05) is 5.02 Å². The predicted octanol–water partition coefficient (Wildman–Crippen LogP) is 3.04. The molecule has 0 radical (unpaired) electrons. The Kier molecular flexibility index (Phi) is 2.94. The van der Waals surface area contributed by atoms with E-state index >= 15 is 0 Å². The van der Waals surface area contributed by atoms with Crippen LogP contribution in [0.3, 0.4) is 0 Å². The summed E-state index contributed by atoms with van der Waals surface area (Å²) in [7, 11) is 0. The van der Waals surface area contributed by atoms with Gasteiger partial charge in [-0.2, -0.15) is 0 Å². The molecule has 2 aliphatic rings. The van der Waals surface area contributed by atoms with Gasteiger partial charge in [-0.25, -0.2) is 4.90 Å². The number of rotatable bonds is 1. The quantitative estimate of drug-likeness (QED) is 0.583. The Morgan fingerprint density at radius 2 is 2.05 bits per heavy atom. The summed E-state index contributed by atoms with van der Waals surface area (Å²) < 4.78 is 0. The number of hydrogen-bond donors (Lipinski definition) is 0. The smallest absolute Gasteiger partial charge is 0.238 e. The van der Waals surface area contributed by atoms with Crippen molar-refractivity contribution in [1.82, 2.24) is 0 Å². The van der Waals surface area contributed by atoms with Crippen molar-refractivity contribution in [2.24, 2.45) is 17.8 Å². The van der Waals surface area contributed by atoms with Gasteiger partial charge in [-0.3, -0.25) is 9.59 Å². The fourth-order valence-electron chi connectivity index (χ4n) is 3.02. The average Bonchev–Trinajstić information content (AvgIpc) is 2.63. The topological polar surface area (TPSA) is 37.4 Å². The van der Waals surface area contributed by atoms with Gasteiger partial charge in [0.05, 0.1) is 17.5 Å². The lowest BCUT2D eigenvalue weighted by Gasteiger charge is -2.22. The van der Waals surface area contributed by atoms with E-state index in [2.05, 4.69) is 0 Å². The number of carbonyl (C=O) groups excluding carboxylic acids is 2. The summed E-state index contributed by atoms with van der Waals surface area (Å²) in [5.41, 5.74) is 0.573. The molecule has 0 N–H and O–H groups in total. The molecule has 0 aromatic heterocycles. The number of nitrogens with zero attached hydrogens (tertiary/aromatic N) is 1. The van der Waals surface area contributed by atoms with Crippen LogP contribution in [0.4, 0.5) is 5.69 Å². The van der Waals surface area contributed by atoms with Gasteiger partial charge in [0.1, 0.15) is 0 Å². The highest BCUT2D eigenvalue weighted by Gasteiger charge is 2.50. The molecule has 2 amide bonds. The molecule has 4 heteroatoms. The number of imide groups is 1. The van der Waals surface area contributed by atoms with Crippen LogP contribution in [-0.4, -0.2) is 11.8 Å². The van der Waals surface area contributed by atoms with E-state index in [1.807, 2.05) is 19.1 Å². The van der Waals surface area contributed by atoms with E-state index in [1.165, 1.54) is 4.90 Å². The van der Waals surface area contributed by atoms with Crippen LogP contribution in [0.25, 0.3) is 0 Å². The number of halogens is 1. The molecule has 1 aromatic carbocycles. The Bertz CT molecular complexity index is 581. The second-order valence-corrected chi connectivity index (χ2v) is 5.58. The molecule has 1 aromatic rings. The molecule has 0 bridgehead atoms. The number of hydrogen-bond acceptors (Lipinski definition) is 2. The van der Waals surface area contributed by atoms with E-state index in [0.717, 1.165) is 0 Å². The van der Waals surface area contributed by atoms with Gasteiger partial charge in [-0.05, 0) is 30.5 Å². The summed E-state index contributed by atoms with van der Waals surface area (Å²) in [6, 6.07) is 6.89. The molecule has 98 valence electrons. The van der Waals surface area contributed by atoms with Crippen molar-refractivity contribution in [1.29, 1.82) is 0 Å². The molecule has 3 unspecified atom stereocenters. The minimum Gasteiger partial charge on any atom is -0.274 e. The lowest BCUT2D eigenvalue weighted by molar-refractivity contribution is -0.122. The van der Waals surface area contributed by atoms with Crippen molar-refractivity contribution in [2.45, 2.75) is 13.3 Å². The third kappa shape index (κ3) is 1.89. The zero-order chi connectivity index (χ0) is 13.6. The van der Waals surface area contributed by atoms with Crippen molar-refractivity contribution in [3.63, 3.8) is 0 Å². The van der Waals surface area contributed by atoms with Crippen molar-refractivity contribution in [3.05, 3.63) is 41.4 Å². The van der Waals surface area contributed by atoms with Crippen LogP contribution in [0, 0.1) is 17.8 Å². The summed E-state index contributed by atoms with van der Waals surface area (Å²) in [5.74, 6) is -0.537. The Morgan fingerprint density at radius 1 is 1.26 bits per heavy atom. The Hall–Kier alpha value is -1.61. The molecule has 0 saturated carbocycles. The highest BCUT2D eigenvalue weighted by molar-refractivity contribution is 6.31. The van der Waals surface area contributed by atoms with Crippen LogP contribution in [0.2, 0.25) is 5.02 Å². The number of carbonyl (C=O) groups is 2. The predicted molar refractivity (Wildman–Crippen MR) is 73.8 cm³/mol. The first kappa shape index (κ1) is 12.4. The molecular weight excluding hydrogens is 262 g/mol. The zero-order valence-electron chi connectivity index (χ0n) is 10.5. The maximum Gasteiger partial charge on any atom is 0.238 e. The van der Waals surface area contributed by atoms with Gasteiger partial charge in [0.2, 0.25) is 11.8 Å². The van der Waals surface area contributed by atoms with Gasteiger partial charge in [-0.1, -0.05) is 36.7 Å². The van der Waals surface area contributed by atoms with Gasteiger partial charge in [0.15, 0.2) is 0 Å². The minimum atomic E-state index is -0.225. The fraction of sp³-hybridized carbons (Fsp3) is 0.333. The number of anilines is 1. The molecule has 3 atom stereocenters. The number of amides is 2. The van der Waals surface area contributed by atoms with Gasteiger partial charge < -0.3 is 0 Å². The van der Waals surface area contributed by atoms with E-state index < -0.39 is 0 Å². The lowest BCUT2D eigenvalue weighted by atomic mass is 9.78. The molecule has 3 rings (SSSR count). The largest absolute Gasteiger partial charge is 0.274 e. The summed E-state index contributed by atoms with van der Waals surface area (Å²) in [6.07, 6.45) is 4.67. The van der Waals surface area contributed by atoms with E-state index in [4.69, 9.17) is 11.6 Å². The second kappa shape index (κ2) is 4.49. The Balaban J connectivity index is 2.01. The highest BCUT2D eigenvalue weighted by Crippen LogP contribution is 2.40. The normalized spacial score (nSPS) is 29.8. The maximum atomic E-state index is 12.5. The molecular formula is C15H14ClNO2. The number of allylic oxidation sites excluding steroid dienone is 2. The Labute approximate surface area is 116 Å². The maximum absolute atomic E-state index is 12.5. The molecule has 3 nitrogen and oxygen atoms in total. The number of fused-ring (bicyclic) bond motifs is 1. The lowest BCUT2D eigenvalue weighted by Crippen LogP contribution is -2.31. The molecule has 0 spiro atoms. The van der Waals surface area contributed by atoms with Gasteiger partial charge >= 0.3 is 0 Å². The molecule has 19 heavy (non-hydrogen) atoms. The van der Waals surface area contributed by atoms with Crippen molar-refractivity contribution < 1.29 is 9.59 Å². The third-order valence-electron chi connectivity index (χ3n) is 3.94.